The Morgan fingerprint density at radius 3 is 2.74 bits per heavy atom. The van der Waals surface area contributed by atoms with Crippen LogP contribution in [0.3, 0.4) is 0 Å². The van der Waals surface area contributed by atoms with E-state index in [1.807, 2.05) is 38.1 Å². The molecule has 0 aliphatic heterocycles. The number of nitrogens with zero attached hydrogens (tertiary/aromatic N) is 1. The van der Waals surface area contributed by atoms with Gasteiger partial charge in [0.25, 0.3) is 0 Å². The van der Waals surface area contributed by atoms with Crippen LogP contribution in [0.1, 0.15) is 29.7 Å². The Balaban J connectivity index is 2.29. The molecule has 2 rings (SSSR count). The van der Waals surface area contributed by atoms with Crippen molar-refractivity contribution < 1.29 is 9.84 Å². The lowest BCUT2D eigenvalue weighted by molar-refractivity contribution is 0.219. The molecule has 0 fully saturated rings. The molecule has 4 heteroatoms. The molecule has 0 bridgehead atoms. The van der Waals surface area contributed by atoms with E-state index in [4.69, 9.17) is 4.74 Å². The number of aromatic nitrogens is 1. The summed E-state index contributed by atoms with van der Waals surface area (Å²) >= 11 is 3.45. The van der Waals surface area contributed by atoms with Gasteiger partial charge in [0.2, 0.25) is 0 Å². The quantitative estimate of drug-likeness (QED) is 0.935. The van der Waals surface area contributed by atoms with Gasteiger partial charge in [-0.1, -0.05) is 28.1 Å². The van der Waals surface area contributed by atoms with Crippen LogP contribution in [0.2, 0.25) is 0 Å². The Morgan fingerprint density at radius 1 is 1.26 bits per heavy atom. The fourth-order valence-electron chi connectivity index (χ4n) is 1.86. The van der Waals surface area contributed by atoms with Gasteiger partial charge in [0.05, 0.1) is 12.8 Å². The molecule has 0 amide bonds. The zero-order chi connectivity index (χ0) is 13.8. The van der Waals surface area contributed by atoms with Crippen molar-refractivity contribution in [1.29, 1.82) is 0 Å². The number of hydrogen-bond acceptors (Lipinski definition) is 3. The third-order valence-corrected chi connectivity index (χ3v) is 3.75. The third-order valence-electron chi connectivity index (χ3n) is 2.86. The summed E-state index contributed by atoms with van der Waals surface area (Å²) in [5.41, 5.74) is 2.66. The molecule has 1 unspecified atom stereocenters. The predicted molar refractivity (Wildman–Crippen MR) is 78.3 cm³/mol. The van der Waals surface area contributed by atoms with Crippen molar-refractivity contribution in [2.45, 2.75) is 20.0 Å². The molecule has 0 spiro atoms. The van der Waals surface area contributed by atoms with Crippen molar-refractivity contribution in [2.75, 3.05) is 6.61 Å². The summed E-state index contributed by atoms with van der Waals surface area (Å²) in [4.78, 5) is 4.10. The molecule has 1 aromatic heterocycles. The minimum atomic E-state index is -0.695. The van der Waals surface area contributed by atoms with E-state index in [-0.39, 0.29) is 0 Å². The van der Waals surface area contributed by atoms with Crippen molar-refractivity contribution in [1.82, 2.24) is 4.98 Å². The van der Waals surface area contributed by atoms with Crippen LogP contribution < -0.4 is 4.74 Å². The first-order chi connectivity index (χ1) is 9.11. The van der Waals surface area contributed by atoms with Crippen molar-refractivity contribution in [3.8, 4) is 5.75 Å². The van der Waals surface area contributed by atoms with Gasteiger partial charge in [-0.25, -0.2) is 0 Å². The van der Waals surface area contributed by atoms with Crippen molar-refractivity contribution >= 4 is 15.9 Å². The number of aliphatic hydroxyl groups is 1. The Morgan fingerprint density at radius 2 is 2.05 bits per heavy atom. The Kier molecular flexibility index (Phi) is 4.56. The highest BCUT2D eigenvalue weighted by Gasteiger charge is 2.12. The number of benzene rings is 1. The van der Waals surface area contributed by atoms with Crippen LogP contribution in [-0.4, -0.2) is 16.7 Å². The number of aryl methyl sites for hydroxylation is 1. The van der Waals surface area contributed by atoms with E-state index in [9.17, 15) is 5.11 Å². The first kappa shape index (κ1) is 14.0. The fraction of sp³-hybridized carbons (Fsp3) is 0.267. The lowest BCUT2D eigenvalue weighted by Gasteiger charge is -2.13. The second-order valence-corrected chi connectivity index (χ2v) is 5.15. The minimum absolute atomic E-state index is 0.582. The van der Waals surface area contributed by atoms with E-state index >= 15 is 0 Å². The third kappa shape index (κ3) is 3.33. The van der Waals surface area contributed by atoms with E-state index in [0.717, 1.165) is 21.2 Å². The van der Waals surface area contributed by atoms with Crippen LogP contribution in [0.15, 0.2) is 41.1 Å². The van der Waals surface area contributed by atoms with Gasteiger partial charge in [0.15, 0.2) is 0 Å². The summed E-state index contributed by atoms with van der Waals surface area (Å²) in [6.45, 7) is 4.50. The zero-order valence-electron chi connectivity index (χ0n) is 10.9. The lowest BCUT2D eigenvalue weighted by atomic mass is 10.0. The van der Waals surface area contributed by atoms with Crippen LogP contribution in [0, 0.1) is 6.92 Å². The van der Waals surface area contributed by atoms with Gasteiger partial charge in [0, 0.05) is 16.2 Å². The smallest absolute Gasteiger partial charge is 0.137 e. The zero-order valence-corrected chi connectivity index (χ0v) is 12.5. The summed E-state index contributed by atoms with van der Waals surface area (Å²) < 4.78 is 6.43. The Labute approximate surface area is 121 Å². The fourth-order valence-corrected chi connectivity index (χ4v) is 2.11. The normalized spacial score (nSPS) is 12.2. The number of halogens is 1. The average molecular weight is 322 g/mol. The highest BCUT2D eigenvalue weighted by molar-refractivity contribution is 9.10. The molecule has 0 radical (unpaired) electrons. The number of aliphatic hydroxyl groups excluding tert-OH is 1. The van der Waals surface area contributed by atoms with Crippen LogP contribution in [0.25, 0.3) is 0 Å². The van der Waals surface area contributed by atoms with Crippen molar-refractivity contribution in [2.24, 2.45) is 0 Å². The summed E-state index contributed by atoms with van der Waals surface area (Å²) in [5.74, 6) is 0.674. The van der Waals surface area contributed by atoms with Crippen LogP contribution in [0.5, 0.6) is 5.75 Å². The first-order valence-corrected chi connectivity index (χ1v) is 6.93. The lowest BCUT2D eigenvalue weighted by Crippen LogP contribution is -2.02. The molecule has 3 nitrogen and oxygen atoms in total. The molecular weight excluding hydrogens is 306 g/mol. The maximum absolute atomic E-state index is 10.4. The second kappa shape index (κ2) is 6.17. The molecule has 0 aliphatic rings. The maximum atomic E-state index is 10.4. The Bertz CT molecular complexity index is 572. The summed E-state index contributed by atoms with van der Waals surface area (Å²) in [7, 11) is 0. The van der Waals surface area contributed by atoms with E-state index in [1.165, 1.54) is 0 Å². The maximum Gasteiger partial charge on any atom is 0.137 e. The van der Waals surface area contributed by atoms with Crippen LogP contribution in [0.4, 0.5) is 0 Å². The van der Waals surface area contributed by atoms with Crippen molar-refractivity contribution in [3.05, 3.63) is 57.8 Å². The number of hydrogen-bond donors (Lipinski definition) is 1. The SMILES string of the molecule is CCOc1cncc(C(O)c2ccc(Br)c(C)c2)c1. The predicted octanol–water partition coefficient (Wildman–Crippen LogP) is 3.63. The number of pyridine rings is 1. The molecule has 1 aromatic carbocycles. The minimum Gasteiger partial charge on any atom is -0.492 e. The summed E-state index contributed by atoms with van der Waals surface area (Å²) in [5, 5.41) is 10.4. The molecule has 1 heterocycles. The van der Waals surface area contributed by atoms with Gasteiger partial charge in [-0.2, -0.15) is 0 Å². The van der Waals surface area contributed by atoms with Gasteiger partial charge in [-0.15, -0.1) is 0 Å². The number of rotatable bonds is 4. The standard InChI is InChI=1S/C15H16BrNO2/c1-3-19-13-7-12(8-17-9-13)15(18)11-4-5-14(16)10(2)6-11/h4-9,15,18H,3H2,1-2H3. The van der Waals surface area contributed by atoms with E-state index in [0.29, 0.717) is 12.4 Å². The van der Waals surface area contributed by atoms with Gasteiger partial charge in [-0.3, -0.25) is 4.98 Å². The summed E-state index contributed by atoms with van der Waals surface area (Å²) in [6, 6.07) is 7.61. The Hall–Kier alpha value is -1.39. The molecule has 0 saturated carbocycles. The summed E-state index contributed by atoms with van der Waals surface area (Å²) in [6.07, 6.45) is 2.61. The molecular formula is C15H16BrNO2. The molecule has 19 heavy (non-hydrogen) atoms. The molecule has 0 aliphatic carbocycles. The van der Waals surface area contributed by atoms with E-state index in [1.54, 1.807) is 12.4 Å². The van der Waals surface area contributed by atoms with Gasteiger partial charge in [-0.05, 0) is 37.1 Å². The molecule has 0 saturated heterocycles. The first-order valence-electron chi connectivity index (χ1n) is 6.13. The largest absolute Gasteiger partial charge is 0.492 e. The van der Waals surface area contributed by atoms with Gasteiger partial charge < -0.3 is 9.84 Å². The average Bonchev–Trinajstić information content (AvgIpc) is 2.42. The van der Waals surface area contributed by atoms with Gasteiger partial charge >= 0.3 is 0 Å². The number of ether oxygens (including phenoxy) is 1. The van der Waals surface area contributed by atoms with Crippen molar-refractivity contribution in [3.63, 3.8) is 0 Å². The topological polar surface area (TPSA) is 42.4 Å². The van der Waals surface area contributed by atoms with E-state index in [2.05, 4.69) is 20.9 Å². The highest BCUT2D eigenvalue weighted by atomic mass is 79.9. The highest BCUT2D eigenvalue weighted by Crippen LogP contribution is 2.27. The molecule has 2 aromatic rings. The van der Waals surface area contributed by atoms with Gasteiger partial charge in [0.1, 0.15) is 11.9 Å². The molecule has 100 valence electrons. The van der Waals surface area contributed by atoms with Crippen LogP contribution in [-0.2, 0) is 0 Å². The monoisotopic (exact) mass is 321 g/mol. The molecule has 1 atom stereocenters. The van der Waals surface area contributed by atoms with Crippen LogP contribution >= 0.6 is 15.9 Å². The van der Waals surface area contributed by atoms with E-state index < -0.39 is 6.10 Å². The second-order valence-electron chi connectivity index (χ2n) is 4.30. The molecule has 1 N–H and O–H groups in total.